The molecule has 3 heteroatoms. The van der Waals surface area contributed by atoms with Gasteiger partial charge in [0.15, 0.2) is 5.78 Å². The summed E-state index contributed by atoms with van der Waals surface area (Å²) in [5.74, 6) is -0.115. The van der Waals surface area contributed by atoms with E-state index in [4.69, 9.17) is 0 Å². The Hall–Kier alpha value is -0.730. The third kappa shape index (κ3) is 4.65. The second-order valence-electron chi connectivity index (χ2n) is 2.73. The first-order valence-corrected chi connectivity index (χ1v) is 4.05. The molecule has 0 rings (SSSR count). The zero-order valence-electron chi connectivity index (χ0n) is 7.17. The van der Waals surface area contributed by atoms with Gasteiger partial charge in [0.25, 0.3) is 0 Å². The van der Waals surface area contributed by atoms with Crippen molar-refractivity contribution in [3.63, 3.8) is 0 Å². The lowest BCUT2D eigenvalue weighted by Gasteiger charge is -2.02. The molecule has 1 unspecified atom stereocenters. The summed E-state index contributed by atoms with van der Waals surface area (Å²) in [5.41, 5.74) is 0. The Bertz CT molecular complexity index is 134. The van der Waals surface area contributed by atoms with Gasteiger partial charge in [0.05, 0.1) is 0 Å². The average molecular weight is 157 g/mol. The Balaban J connectivity index is 3.52. The number of carbonyl (C=O) groups excluding carboxylic acids is 1. The minimum atomic E-state index is -0.596. The monoisotopic (exact) mass is 157 g/mol. The van der Waals surface area contributed by atoms with E-state index >= 15 is 0 Å². The van der Waals surface area contributed by atoms with Crippen molar-refractivity contribution < 1.29 is 4.79 Å². The van der Waals surface area contributed by atoms with E-state index in [-0.39, 0.29) is 5.78 Å². The second kappa shape index (κ2) is 6.01. The standard InChI is InChI=1S/C8H15NO2/c1-3-4-5-6-8(9-11)7(2)10/h8H,3-6H2,1-2H3. The maximum Gasteiger partial charge on any atom is 0.157 e. The zero-order chi connectivity index (χ0) is 8.69. The summed E-state index contributed by atoms with van der Waals surface area (Å²) in [6.07, 6.45) is 3.71. The van der Waals surface area contributed by atoms with E-state index in [9.17, 15) is 9.70 Å². The molecule has 0 aliphatic rings. The Morgan fingerprint density at radius 2 is 2.09 bits per heavy atom. The van der Waals surface area contributed by atoms with Crippen LogP contribution in [-0.2, 0) is 4.79 Å². The van der Waals surface area contributed by atoms with E-state index in [1.54, 1.807) is 0 Å². The van der Waals surface area contributed by atoms with Crippen LogP contribution in [-0.4, -0.2) is 11.8 Å². The molecule has 0 aliphatic heterocycles. The molecule has 0 spiro atoms. The van der Waals surface area contributed by atoms with Crippen molar-refractivity contribution in [2.45, 2.75) is 45.6 Å². The van der Waals surface area contributed by atoms with Crippen molar-refractivity contribution in [3.8, 4) is 0 Å². The van der Waals surface area contributed by atoms with Crippen LogP contribution >= 0.6 is 0 Å². The summed E-state index contributed by atoms with van der Waals surface area (Å²) in [4.78, 5) is 20.7. The molecule has 0 radical (unpaired) electrons. The largest absolute Gasteiger partial charge is 0.297 e. The van der Waals surface area contributed by atoms with Crippen LogP contribution in [0.3, 0.4) is 0 Å². The Kier molecular flexibility index (Phi) is 5.61. The number of nitrogens with zero attached hydrogens (tertiary/aromatic N) is 1. The lowest BCUT2D eigenvalue weighted by atomic mass is 10.1. The molecule has 0 heterocycles. The molecule has 0 aromatic carbocycles. The highest BCUT2D eigenvalue weighted by atomic mass is 16.3. The first kappa shape index (κ1) is 10.3. The number of Topliss-reactive ketones (excluding diaryl/α,β-unsaturated/α-hetero) is 1. The molecule has 0 fully saturated rings. The summed E-state index contributed by atoms with van der Waals surface area (Å²) in [7, 11) is 0. The number of unbranched alkanes of at least 4 members (excludes halogenated alkanes) is 2. The van der Waals surface area contributed by atoms with Gasteiger partial charge in [-0.1, -0.05) is 31.4 Å². The van der Waals surface area contributed by atoms with E-state index in [1.807, 2.05) is 0 Å². The number of hydrogen-bond donors (Lipinski definition) is 0. The predicted octanol–water partition coefficient (Wildman–Crippen LogP) is 2.29. The quantitative estimate of drug-likeness (QED) is 0.438. The minimum Gasteiger partial charge on any atom is -0.297 e. The van der Waals surface area contributed by atoms with Gasteiger partial charge in [0, 0.05) is 0 Å². The molecular formula is C8H15NO2. The fourth-order valence-corrected chi connectivity index (χ4v) is 0.918. The Morgan fingerprint density at radius 3 is 2.45 bits per heavy atom. The highest BCUT2D eigenvalue weighted by Crippen LogP contribution is 2.06. The van der Waals surface area contributed by atoms with Crippen molar-refractivity contribution in [2.24, 2.45) is 5.18 Å². The van der Waals surface area contributed by atoms with Gasteiger partial charge in [-0.3, -0.25) is 4.79 Å². The van der Waals surface area contributed by atoms with Crippen LogP contribution in [0.2, 0.25) is 0 Å². The van der Waals surface area contributed by atoms with E-state index < -0.39 is 6.04 Å². The topological polar surface area (TPSA) is 46.5 Å². The molecule has 64 valence electrons. The van der Waals surface area contributed by atoms with Gasteiger partial charge in [0.2, 0.25) is 0 Å². The van der Waals surface area contributed by atoms with Crippen molar-refractivity contribution in [1.29, 1.82) is 0 Å². The molecule has 0 N–H and O–H groups in total. The molecule has 0 amide bonds. The van der Waals surface area contributed by atoms with Crippen molar-refractivity contribution in [1.82, 2.24) is 0 Å². The predicted molar refractivity (Wildman–Crippen MR) is 44.4 cm³/mol. The van der Waals surface area contributed by atoms with E-state index in [0.717, 1.165) is 19.3 Å². The van der Waals surface area contributed by atoms with Crippen LogP contribution < -0.4 is 0 Å². The van der Waals surface area contributed by atoms with Gasteiger partial charge < -0.3 is 0 Å². The van der Waals surface area contributed by atoms with Crippen molar-refractivity contribution in [3.05, 3.63) is 4.91 Å². The smallest absolute Gasteiger partial charge is 0.157 e. The van der Waals surface area contributed by atoms with Gasteiger partial charge in [0.1, 0.15) is 6.04 Å². The van der Waals surface area contributed by atoms with Gasteiger partial charge in [-0.25, -0.2) is 0 Å². The van der Waals surface area contributed by atoms with E-state index in [2.05, 4.69) is 12.1 Å². The molecule has 0 aromatic rings. The summed E-state index contributed by atoms with van der Waals surface area (Å²) in [6, 6.07) is -0.596. The normalized spacial score (nSPS) is 12.5. The fourth-order valence-electron chi connectivity index (χ4n) is 0.918. The lowest BCUT2D eigenvalue weighted by molar-refractivity contribution is -0.118. The SMILES string of the molecule is CCCCCC(N=O)C(C)=O. The highest BCUT2D eigenvalue weighted by molar-refractivity contribution is 5.81. The zero-order valence-corrected chi connectivity index (χ0v) is 7.17. The first-order chi connectivity index (χ1) is 5.22. The second-order valence-corrected chi connectivity index (χ2v) is 2.73. The van der Waals surface area contributed by atoms with Gasteiger partial charge >= 0.3 is 0 Å². The van der Waals surface area contributed by atoms with Gasteiger partial charge in [-0.05, 0) is 13.3 Å². The highest BCUT2D eigenvalue weighted by Gasteiger charge is 2.12. The molecule has 0 aliphatic carbocycles. The molecule has 0 saturated carbocycles. The average Bonchev–Trinajstić information content (AvgIpc) is 1.97. The minimum absolute atomic E-state index is 0.115. The van der Waals surface area contributed by atoms with Gasteiger partial charge in [-0.2, -0.15) is 4.91 Å². The summed E-state index contributed by atoms with van der Waals surface area (Å²) in [5, 5.41) is 2.76. The van der Waals surface area contributed by atoms with Crippen LogP contribution in [0.4, 0.5) is 0 Å². The van der Waals surface area contributed by atoms with Crippen LogP contribution in [0.5, 0.6) is 0 Å². The molecule has 1 atom stereocenters. The Labute approximate surface area is 67.2 Å². The van der Waals surface area contributed by atoms with E-state index in [0.29, 0.717) is 6.42 Å². The Morgan fingerprint density at radius 1 is 1.45 bits per heavy atom. The molecule has 3 nitrogen and oxygen atoms in total. The van der Waals surface area contributed by atoms with E-state index in [1.165, 1.54) is 6.92 Å². The summed E-state index contributed by atoms with van der Waals surface area (Å²) in [6.45, 7) is 3.50. The summed E-state index contributed by atoms with van der Waals surface area (Å²) < 4.78 is 0. The maximum atomic E-state index is 10.7. The van der Waals surface area contributed by atoms with Crippen molar-refractivity contribution in [2.75, 3.05) is 0 Å². The van der Waals surface area contributed by atoms with Crippen LogP contribution in [0.25, 0.3) is 0 Å². The number of nitroso groups, excluding NO2 is 1. The van der Waals surface area contributed by atoms with Crippen LogP contribution in [0.15, 0.2) is 5.18 Å². The number of carbonyl (C=O) groups is 1. The van der Waals surface area contributed by atoms with Gasteiger partial charge in [-0.15, -0.1) is 0 Å². The third-order valence-electron chi connectivity index (χ3n) is 1.68. The van der Waals surface area contributed by atoms with Crippen molar-refractivity contribution >= 4 is 5.78 Å². The maximum absolute atomic E-state index is 10.7. The van der Waals surface area contributed by atoms with Crippen LogP contribution in [0.1, 0.15) is 39.5 Å². The lowest BCUT2D eigenvalue weighted by Crippen LogP contribution is -2.13. The van der Waals surface area contributed by atoms with Crippen LogP contribution in [0, 0.1) is 4.91 Å². The molecule has 0 saturated heterocycles. The molecule has 0 bridgehead atoms. The number of hydrogen-bond acceptors (Lipinski definition) is 3. The first-order valence-electron chi connectivity index (χ1n) is 4.05. The third-order valence-corrected chi connectivity index (χ3v) is 1.68. The molecule has 0 aromatic heterocycles. The molecular weight excluding hydrogens is 142 g/mol. The number of rotatable bonds is 6. The molecule has 11 heavy (non-hydrogen) atoms. The fraction of sp³-hybridized carbons (Fsp3) is 0.875. The number of ketones is 1. The summed E-state index contributed by atoms with van der Waals surface area (Å²) >= 11 is 0.